The summed E-state index contributed by atoms with van der Waals surface area (Å²) >= 11 is 0. The minimum atomic E-state index is 0.674. The molecule has 0 radical (unpaired) electrons. The molecule has 1 aromatic rings. The Kier molecular flexibility index (Phi) is 3.74. The van der Waals surface area contributed by atoms with E-state index < -0.39 is 0 Å². The molecule has 0 bridgehead atoms. The van der Waals surface area contributed by atoms with E-state index in [1.165, 1.54) is 0 Å². The van der Waals surface area contributed by atoms with Crippen LogP contribution in [-0.4, -0.2) is 54.8 Å². The summed E-state index contributed by atoms with van der Waals surface area (Å²) in [5, 5.41) is 7.27. The highest BCUT2D eigenvalue weighted by molar-refractivity contribution is 5.24. The monoisotopic (exact) mass is 225 g/mol. The quantitative estimate of drug-likeness (QED) is 0.774. The van der Waals surface area contributed by atoms with Crippen molar-refractivity contribution in [1.82, 2.24) is 20.4 Å². The minimum Gasteiger partial charge on any atom is -0.342 e. The molecule has 1 aliphatic rings. The zero-order valence-electron chi connectivity index (χ0n) is 9.94. The largest absolute Gasteiger partial charge is 0.342 e. The molecule has 2 rings (SSSR count). The fourth-order valence-corrected chi connectivity index (χ4v) is 1.67. The second-order valence-corrected chi connectivity index (χ2v) is 4.03. The maximum atomic E-state index is 5.23. The highest BCUT2D eigenvalue weighted by Gasteiger charge is 2.15. The molecule has 0 saturated carbocycles. The van der Waals surface area contributed by atoms with Crippen molar-refractivity contribution in [2.45, 2.75) is 13.5 Å². The zero-order chi connectivity index (χ0) is 11.4. The van der Waals surface area contributed by atoms with Gasteiger partial charge in [-0.15, -0.1) is 0 Å². The first kappa shape index (κ1) is 11.3. The van der Waals surface area contributed by atoms with E-state index in [1.54, 1.807) is 0 Å². The van der Waals surface area contributed by atoms with Gasteiger partial charge in [-0.1, -0.05) is 0 Å². The summed E-state index contributed by atoms with van der Waals surface area (Å²) in [6.45, 7) is 7.86. The van der Waals surface area contributed by atoms with E-state index in [4.69, 9.17) is 4.52 Å². The van der Waals surface area contributed by atoms with Gasteiger partial charge in [0.05, 0.1) is 6.54 Å². The molecule has 1 fully saturated rings. The van der Waals surface area contributed by atoms with Crippen LogP contribution >= 0.6 is 0 Å². The lowest BCUT2D eigenvalue weighted by Gasteiger charge is -2.25. The Hall–Kier alpha value is -1.14. The van der Waals surface area contributed by atoms with Gasteiger partial charge < -0.3 is 14.7 Å². The van der Waals surface area contributed by atoms with Crippen molar-refractivity contribution in [2.75, 3.05) is 44.7 Å². The van der Waals surface area contributed by atoms with E-state index in [0.29, 0.717) is 11.8 Å². The highest BCUT2D eigenvalue weighted by Crippen LogP contribution is 2.09. The van der Waals surface area contributed by atoms with Crippen molar-refractivity contribution in [3.8, 4) is 0 Å². The van der Waals surface area contributed by atoms with Crippen LogP contribution in [0.2, 0.25) is 0 Å². The van der Waals surface area contributed by atoms with E-state index in [-0.39, 0.29) is 0 Å². The van der Waals surface area contributed by atoms with E-state index in [9.17, 15) is 0 Å². The van der Waals surface area contributed by atoms with Gasteiger partial charge in [0.1, 0.15) is 0 Å². The van der Waals surface area contributed by atoms with Gasteiger partial charge in [0, 0.05) is 39.8 Å². The average molecular weight is 225 g/mol. The Balaban J connectivity index is 1.91. The van der Waals surface area contributed by atoms with Crippen LogP contribution in [0.15, 0.2) is 4.52 Å². The van der Waals surface area contributed by atoms with Gasteiger partial charge in [0.25, 0.3) is 5.95 Å². The van der Waals surface area contributed by atoms with Gasteiger partial charge in [0.15, 0.2) is 0 Å². The van der Waals surface area contributed by atoms with Gasteiger partial charge in [-0.25, -0.2) is 0 Å². The van der Waals surface area contributed by atoms with Crippen molar-refractivity contribution in [3.05, 3.63) is 5.89 Å². The van der Waals surface area contributed by atoms with Crippen LogP contribution in [0, 0.1) is 0 Å². The first-order valence-electron chi connectivity index (χ1n) is 5.76. The molecular formula is C10H19N5O. The molecule has 6 nitrogen and oxygen atoms in total. The maximum absolute atomic E-state index is 5.23. The number of nitrogens with zero attached hydrogens (tertiary/aromatic N) is 4. The standard InChI is InChI=1S/C10H19N5O/c1-3-14(2)10-12-9(16-13-10)8-15-6-4-11-5-7-15/h11H,3-8H2,1-2H3. The van der Waals surface area contributed by atoms with Gasteiger partial charge in [-0.05, 0) is 12.1 Å². The first-order chi connectivity index (χ1) is 7.79. The lowest BCUT2D eigenvalue weighted by molar-refractivity contribution is 0.203. The van der Waals surface area contributed by atoms with Crippen LogP contribution in [0.25, 0.3) is 0 Å². The second kappa shape index (κ2) is 5.27. The number of anilines is 1. The molecule has 0 aliphatic carbocycles. The normalized spacial score (nSPS) is 17.6. The molecule has 0 unspecified atom stereocenters. The summed E-state index contributed by atoms with van der Waals surface area (Å²) in [4.78, 5) is 8.64. The third-order valence-electron chi connectivity index (χ3n) is 2.84. The number of piperazine rings is 1. The third-order valence-corrected chi connectivity index (χ3v) is 2.84. The number of nitrogens with one attached hydrogen (secondary N) is 1. The molecule has 16 heavy (non-hydrogen) atoms. The van der Waals surface area contributed by atoms with E-state index in [0.717, 1.165) is 39.3 Å². The molecule has 0 amide bonds. The molecule has 0 spiro atoms. The molecule has 6 heteroatoms. The highest BCUT2D eigenvalue weighted by atomic mass is 16.5. The zero-order valence-corrected chi connectivity index (χ0v) is 9.94. The molecule has 90 valence electrons. The van der Waals surface area contributed by atoms with Gasteiger partial charge in [-0.2, -0.15) is 4.98 Å². The Morgan fingerprint density at radius 1 is 1.44 bits per heavy atom. The summed E-state index contributed by atoms with van der Waals surface area (Å²) in [6.07, 6.45) is 0. The van der Waals surface area contributed by atoms with E-state index in [2.05, 4.69) is 27.3 Å². The van der Waals surface area contributed by atoms with E-state index in [1.807, 2.05) is 11.9 Å². The van der Waals surface area contributed by atoms with Gasteiger partial charge >= 0.3 is 0 Å². The average Bonchev–Trinajstić information content (AvgIpc) is 2.78. The summed E-state index contributed by atoms with van der Waals surface area (Å²) in [6, 6.07) is 0. The van der Waals surface area contributed by atoms with Crippen LogP contribution in [0.4, 0.5) is 5.95 Å². The fraction of sp³-hybridized carbons (Fsp3) is 0.800. The Morgan fingerprint density at radius 2 is 2.19 bits per heavy atom. The van der Waals surface area contributed by atoms with E-state index >= 15 is 0 Å². The van der Waals surface area contributed by atoms with Crippen LogP contribution in [0.1, 0.15) is 12.8 Å². The van der Waals surface area contributed by atoms with Crippen LogP contribution < -0.4 is 10.2 Å². The second-order valence-electron chi connectivity index (χ2n) is 4.03. The summed E-state index contributed by atoms with van der Waals surface area (Å²) in [7, 11) is 1.96. The predicted molar refractivity (Wildman–Crippen MR) is 61.4 cm³/mol. The molecule has 2 heterocycles. The number of aromatic nitrogens is 2. The Labute approximate surface area is 95.6 Å². The lowest BCUT2D eigenvalue weighted by Crippen LogP contribution is -2.42. The number of hydrogen-bond acceptors (Lipinski definition) is 6. The molecule has 0 atom stereocenters. The summed E-state index contributed by atoms with van der Waals surface area (Å²) in [5.41, 5.74) is 0. The smallest absolute Gasteiger partial charge is 0.265 e. The summed E-state index contributed by atoms with van der Waals surface area (Å²) in [5.74, 6) is 1.38. The fourth-order valence-electron chi connectivity index (χ4n) is 1.67. The molecule has 1 N–H and O–H groups in total. The van der Waals surface area contributed by atoms with Crippen molar-refractivity contribution < 1.29 is 4.52 Å². The van der Waals surface area contributed by atoms with Crippen molar-refractivity contribution >= 4 is 5.95 Å². The molecule has 1 aromatic heterocycles. The molecule has 1 aliphatic heterocycles. The molecule has 0 aromatic carbocycles. The maximum Gasteiger partial charge on any atom is 0.265 e. The first-order valence-corrected chi connectivity index (χ1v) is 5.76. The third kappa shape index (κ3) is 2.70. The van der Waals surface area contributed by atoms with Crippen LogP contribution in [0.5, 0.6) is 0 Å². The van der Waals surface area contributed by atoms with Crippen LogP contribution in [0.3, 0.4) is 0 Å². The topological polar surface area (TPSA) is 57.4 Å². The molecule has 1 saturated heterocycles. The number of hydrogen-bond donors (Lipinski definition) is 1. The van der Waals surface area contributed by atoms with Crippen molar-refractivity contribution in [3.63, 3.8) is 0 Å². The summed E-state index contributed by atoms with van der Waals surface area (Å²) < 4.78 is 5.23. The SMILES string of the molecule is CCN(C)c1noc(CN2CCNCC2)n1. The molecular weight excluding hydrogens is 206 g/mol. The van der Waals surface area contributed by atoms with Gasteiger partial charge in [0.2, 0.25) is 5.89 Å². The van der Waals surface area contributed by atoms with Crippen molar-refractivity contribution in [1.29, 1.82) is 0 Å². The van der Waals surface area contributed by atoms with Gasteiger partial charge in [-0.3, -0.25) is 4.90 Å². The predicted octanol–water partition coefficient (Wildman–Crippen LogP) is -0.0691. The lowest BCUT2D eigenvalue weighted by atomic mass is 10.3. The van der Waals surface area contributed by atoms with Crippen LogP contribution in [-0.2, 0) is 6.54 Å². The minimum absolute atomic E-state index is 0.674. The van der Waals surface area contributed by atoms with Crippen molar-refractivity contribution in [2.24, 2.45) is 0 Å². The number of rotatable bonds is 4. The Bertz CT molecular complexity index is 321. The Morgan fingerprint density at radius 3 is 2.88 bits per heavy atom.